The van der Waals surface area contributed by atoms with Gasteiger partial charge in [-0.3, -0.25) is 4.79 Å². The highest BCUT2D eigenvalue weighted by Gasteiger charge is 2.45. The van der Waals surface area contributed by atoms with Crippen LogP contribution in [-0.4, -0.2) is 47.6 Å². The summed E-state index contributed by atoms with van der Waals surface area (Å²) in [6.07, 6.45) is 4.92. The van der Waals surface area contributed by atoms with Crippen LogP contribution in [0.4, 0.5) is 0 Å². The van der Waals surface area contributed by atoms with Crippen molar-refractivity contribution in [1.29, 1.82) is 0 Å². The van der Waals surface area contributed by atoms with Crippen LogP contribution in [0.25, 0.3) is 0 Å². The standard InChI is InChI=1S/C14H24N2O3/c1-2-5-14(6-8-15-9-7-14)13(19)16-10-3-4-11(16)12(17)18/h11,15H,2-10H2,1H3,(H,17,18)/t11-/m1/s1. The van der Waals surface area contributed by atoms with Gasteiger partial charge >= 0.3 is 5.97 Å². The Morgan fingerprint density at radius 1 is 1.37 bits per heavy atom. The molecule has 2 rings (SSSR count). The normalized spacial score (nSPS) is 26.4. The molecule has 0 aromatic rings. The summed E-state index contributed by atoms with van der Waals surface area (Å²) in [5.41, 5.74) is -0.321. The average Bonchev–Trinajstić information content (AvgIpc) is 2.88. The van der Waals surface area contributed by atoms with Gasteiger partial charge in [0.2, 0.25) is 5.91 Å². The number of carbonyl (C=O) groups is 2. The van der Waals surface area contributed by atoms with Gasteiger partial charge in [0, 0.05) is 6.54 Å². The molecule has 2 heterocycles. The zero-order valence-corrected chi connectivity index (χ0v) is 11.7. The highest BCUT2D eigenvalue weighted by atomic mass is 16.4. The molecule has 0 radical (unpaired) electrons. The third kappa shape index (κ3) is 2.76. The number of amides is 1. The summed E-state index contributed by atoms with van der Waals surface area (Å²) in [5.74, 6) is -0.771. The Kier molecular flexibility index (Phi) is 4.45. The van der Waals surface area contributed by atoms with Gasteiger partial charge in [-0.1, -0.05) is 13.3 Å². The number of nitrogens with zero attached hydrogens (tertiary/aromatic N) is 1. The van der Waals surface area contributed by atoms with Crippen LogP contribution in [0.1, 0.15) is 45.4 Å². The van der Waals surface area contributed by atoms with E-state index in [1.165, 1.54) is 0 Å². The van der Waals surface area contributed by atoms with E-state index < -0.39 is 12.0 Å². The summed E-state index contributed by atoms with van der Waals surface area (Å²) < 4.78 is 0. The van der Waals surface area contributed by atoms with E-state index in [1.807, 2.05) is 0 Å². The number of hydrogen-bond acceptors (Lipinski definition) is 3. The number of carbonyl (C=O) groups excluding carboxylic acids is 1. The first kappa shape index (κ1) is 14.3. The first-order valence-corrected chi connectivity index (χ1v) is 7.35. The van der Waals surface area contributed by atoms with Gasteiger partial charge in [0.25, 0.3) is 0 Å². The Morgan fingerprint density at radius 2 is 2.05 bits per heavy atom. The fourth-order valence-corrected chi connectivity index (χ4v) is 3.53. The van der Waals surface area contributed by atoms with E-state index in [0.29, 0.717) is 13.0 Å². The molecule has 2 saturated heterocycles. The Bertz CT molecular complexity index is 345. The third-order valence-electron chi connectivity index (χ3n) is 4.54. The minimum absolute atomic E-state index is 0.0840. The van der Waals surface area contributed by atoms with Crippen LogP contribution in [0, 0.1) is 5.41 Å². The zero-order chi connectivity index (χ0) is 13.9. The lowest BCUT2D eigenvalue weighted by atomic mass is 9.74. The Balaban J connectivity index is 2.16. The van der Waals surface area contributed by atoms with Gasteiger partial charge in [0.15, 0.2) is 0 Å². The van der Waals surface area contributed by atoms with E-state index in [2.05, 4.69) is 12.2 Å². The molecular weight excluding hydrogens is 244 g/mol. The quantitative estimate of drug-likeness (QED) is 0.804. The van der Waals surface area contributed by atoms with Crippen LogP contribution >= 0.6 is 0 Å². The van der Waals surface area contributed by atoms with Crippen LogP contribution in [0.5, 0.6) is 0 Å². The first-order chi connectivity index (χ1) is 9.10. The number of piperidine rings is 1. The van der Waals surface area contributed by atoms with Crippen molar-refractivity contribution in [3.05, 3.63) is 0 Å². The number of likely N-dealkylation sites (tertiary alicyclic amines) is 1. The number of nitrogens with one attached hydrogen (secondary N) is 1. The second-order valence-electron chi connectivity index (χ2n) is 5.78. The molecular formula is C14H24N2O3. The summed E-state index contributed by atoms with van der Waals surface area (Å²) in [4.78, 5) is 25.7. The van der Waals surface area contributed by atoms with Crippen LogP contribution in [0.15, 0.2) is 0 Å². The molecule has 19 heavy (non-hydrogen) atoms. The fourth-order valence-electron chi connectivity index (χ4n) is 3.53. The lowest BCUT2D eigenvalue weighted by molar-refractivity contribution is -0.154. The summed E-state index contributed by atoms with van der Waals surface area (Å²) in [6.45, 7) is 4.42. The molecule has 0 saturated carbocycles. The summed E-state index contributed by atoms with van der Waals surface area (Å²) in [7, 11) is 0. The van der Waals surface area contributed by atoms with Gasteiger partial charge in [0.05, 0.1) is 5.41 Å². The van der Waals surface area contributed by atoms with Crippen LogP contribution in [-0.2, 0) is 9.59 Å². The van der Waals surface area contributed by atoms with Gasteiger partial charge in [-0.25, -0.2) is 4.79 Å². The molecule has 0 unspecified atom stereocenters. The van der Waals surface area contributed by atoms with Crippen molar-refractivity contribution in [3.8, 4) is 0 Å². The van der Waals surface area contributed by atoms with Crippen molar-refractivity contribution < 1.29 is 14.7 Å². The number of carboxylic acid groups (broad SMARTS) is 1. The minimum atomic E-state index is -0.855. The van der Waals surface area contributed by atoms with E-state index in [0.717, 1.165) is 45.2 Å². The van der Waals surface area contributed by atoms with Gasteiger partial charge in [0.1, 0.15) is 6.04 Å². The molecule has 0 aromatic carbocycles. The van der Waals surface area contributed by atoms with Crippen molar-refractivity contribution in [3.63, 3.8) is 0 Å². The lowest BCUT2D eigenvalue weighted by Gasteiger charge is -2.40. The van der Waals surface area contributed by atoms with Gasteiger partial charge in [-0.05, 0) is 45.2 Å². The molecule has 2 fully saturated rings. The van der Waals surface area contributed by atoms with E-state index >= 15 is 0 Å². The Hall–Kier alpha value is -1.10. The topological polar surface area (TPSA) is 69.6 Å². The highest BCUT2D eigenvalue weighted by molar-refractivity contribution is 5.88. The second-order valence-corrected chi connectivity index (χ2v) is 5.78. The minimum Gasteiger partial charge on any atom is -0.480 e. The third-order valence-corrected chi connectivity index (χ3v) is 4.54. The molecule has 5 heteroatoms. The molecule has 0 bridgehead atoms. The van der Waals surface area contributed by atoms with Gasteiger partial charge in [-0.2, -0.15) is 0 Å². The molecule has 2 aliphatic heterocycles. The smallest absolute Gasteiger partial charge is 0.326 e. The second kappa shape index (κ2) is 5.90. The van der Waals surface area contributed by atoms with Crippen molar-refractivity contribution in [2.45, 2.75) is 51.5 Å². The fraction of sp³-hybridized carbons (Fsp3) is 0.857. The molecule has 108 valence electrons. The molecule has 0 aromatic heterocycles. The summed E-state index contributed by atoms with van der Waals surface area (Å²) in [5, 5.41) is 12.5. The number of aliphatic carboxylic acids is 1. The molecule has 0 spiro atoms. The predicted octanol–water partition coefficient (Wildman–Crippen LogP) is 1.23. The summed E-state index contributed by atoms with van der Waals surface area (Å²) in [6, 6.07) is -0.601. The largest absolute Gasteiger partial charge is 0.480 e. The first-order valence-electron chi connectivity index (χ1n) is 7.35. The van der Waals surface area contributed by atoms with Gasteiger partial charge in [-0.15, -0.1) is 0 Å². The molecule has 5 nitrogen and oxygen atoms in total. The molecule has 0 aliphatic carbocycles. The number of rotatable bonds is 4. The van der Waals surface area contributed by atoms with E-state index in [4.69, 9.17) is 0 Å². The molecule has 2 aliphatic rings. The van der Waals surface area contributed by atoms with E-state index in [1.54, 1.807) is 4.90 Å². The molecule has 1 atom stereocenters. The van der Waals surface area contributed by atoms with Crippen molar-refractivity contribution in [1.82, 2.24) is 10.2 Å². The average molecular weight is 268 g/mol. The number of hydrogen-bond donors (Lipinski definition) is 2. The van der Waals surface area contributed by atoms with Gasteiger partial charge < -0.3 is 15.3 Å². The lowest BCUT2D eigenvalue weighted by Crippen LogP contribution is -2.52. The SMILES string of the molecule is CCCC1(C(=O)N2CCC[C@@H]2C(=O)O)CCNCC1. The van der Waals surface area contributed by atoms with E-state index in [-0.39, 0.29) is 11.3 Å². The predicted molar refractivity (Wildman–Crippen MR) is 71.8 cm³/mol. The molecule has 1 amide bonds. The highest BCUT2D eigenvalue weighted by Crippen LogP contribution is 2.38. The van der Waals surface area contributed by atoms with Crippen LogP contribution in [0.2, 0.25) is 0 Å². The van der Waals surface area contributed by atoms with Crippen LogP contribution in [0.3, 0.4) is 0 Å². The van der Waals surface area contributed by atoms with Crippen LogP contribution < -0.4 is 5.32 Å². The Morgan fingerprint density at radius 3 is 2.63 bits per heavy atom. The zero-order valence-electron chi connectivity index (χ0n) is 11.7. The van der Waals surface area contributed by atoms with Crippen molar-refractivity contribution in [2.75, 3.05) is 19.6 Å². The Labute approximate surface area is 114 Å². The summed E-state index contributed by atoms with van der Waals surface area (Å²) >= 11 is 0. The molecule has 2 N–H and O–H groups in total. The van der Waals surface area contributed by atoms with E-state index in [9.17, 15) is 14.7 Å². The maximum absolute atomic E-state index is 12.9. The maximum Gasteiger partial charge on any atom is 0.326 e. The monoisotopic (exact) mass is 268 g/mol. The maximum atomic E-state index is 12.9. The van der Waals surface area contributed by atoms with Crippen molar-refractivity contribution >= 4 is 11.9 Å². The van der Waals surface area contributed by atoms with Crippen molar-refractivity contribution in [2.24, 2.45) is 5.41 Å². The number of carboxylic acids is 1.